The van der Waals surface area contributed by atoms with Crippen LogP contribution in [0.2, 0.25) is 0 Å². The van der Waals surface area contributed by atoms with Gasteiger partial charge in [0.1, 0.15) is 5.75 Å². The third-order valence-corrected chi connectivity index (χ3v) is 5.42. The summed E-state index contributed by atoms with van der Waals surface area (Å²) in [6.07, 6.45) is 5.30. The molecule has 0 unspecified atom stereocenters. The topological polar surface area (TPSA) is 61.5 Å². The zero-order valence-corrected chi connectivity index (χ0v) is 15.5. The molecular formula is C20H26N4O2. The van der Waals surface area contributed by atoms with Crippen LogP contribution in [-0.2, 0) is 24.2 Å². The Morgan fingerprint density at radius 2 is 2.12 bits per heavy atom. The molecule has 2 heterocycles. The first-order chi connectivity index (χ1) is 12.6. The minimum Gasteiger partial charge on any atom is -0.477 e. The second-order valence-corrected chi connectivity index (χ2v) is 7.34. The molecule has 1 amide bonds. The first-order valence-corrected chi connectivity index (χ1v) is 9.40. The van der Waals surface area contributed by atoms with Crippen molar-refractivity contribution >= 4 is 11.6 Å². The van der Waals surface area contributed by atoms with Gasteiger partial charge in [-0.05, 0) is 43.4 Å². The van der Waals surface area contributed by atoms with Crippen LogP contribution in [0.3, 0.4) is 0 Å². The molecule has 0 radical (unpaired) electrons. The number of nitrogens with zero attached hydrogens (tertiary/aromatic N) is 3. The lowest BCUT2D eigenvalue weighted by Gasteiger charge is -2.34. The standard InChI is InChI=1S/C20H26N4O2/c1-23-13-19(26-18-11-7-6-10-17(18)23)20(25)24(2)12-16-14-8-4-3-5-9-15(14)21-22-16/h6-7,10-11,19H,3-5,8-9,12-13H2,1-2H3,(H,21,22)/t19-/m0/s1. The van der Waals surface area contributed by atoms with Crippen molar-refractivity contribution in [1.29, 1.82) is 0 Å². The number of H-pyrrole nitrogens is 1. The van der Waals surface area contributed by atoms with E-state index in [9.17, 15) is 4.79 Å². The number of benzene rings is 1. The molecule has 6 heteroatoms. The Morgan fingerprint density at radius 1 is 1.31 bits per heavy atom. The van der Waals surface area contributed by atoms with E-state index in [0.717, 1.165) is 30.0 Å². The zero-order chi connectivity index (χ0) is 18.1. The molecule has 1 aromatic heterocycles. The molecule has 2 aliphatic rings. The number of rotatable bonds is 3. The summed E-state index contributed by atoms with van der Waals surface area (Å²) in [6, 6.07) is 7.84. The molecule has 6 nitrogen and oxygen atoms in total. The number of para-hydroxylation sites is 2. The quantitative estimate of drug-likeness (QED) is 0.861. The molecule has 4 rings (SSSR count). The van der Waals surface area contributed by atoms with Crippen molar-refractivity contribution in [2.24, 2.45) is 0 Å². The zero-order valence-electron chi connectivity index (χ0n) is 15.5. The van der Waals surface area contributed by atoms with Gasteiger partial charge in [-0.3, -0.25) is 9.89 Å². The number of nitrogens with one attached hydrogen (secondary N) is 1. The Balaban J connectivity index is 1.47. The molecule has 1 aromatic carbocycles. The average molecular weight is 354 g/mol. The number of aromatic amines is 1. The molecular weight excluding hydrogens is 328 g/mol. The minimum atomic E-state index is -0.488. The number of ether oxygens (including phenoxy) is 1. The third kappa shape index (κ3) is 3.16. The van der Waals surface area contributed by atoms with E-state index in [-0.39, 0.29) is 5.91 Å². The minimum absolute atomic E-state index is 0.00303. The summed E-state index contributed by atoms with van der Waals surface area (Å²) < 4.78 is 5.98. The van der Waals surface area contributed by atoms with Crippen LogP contribution < -0.4 is 9.64 Å². The third-order valence-electron chi connectivity index (χ3n) is 5.42. The van der Waals surface area contributed by atoms with Gasteiger partial charge in [-0.1, -0.05) is 18.6 Å². The van der Waals surface area contributed by atoms with Crippen LogP contribution in [-0.4, -0.2) is 47.7 Å². The monoisotopic (exact) mass is 354 g/mol. The highest BCUT2D eigenvalue weighted by atomic mass is 16.5. The number of aromatic nitrogens is 2. The van der Waals surface area contributed by atoms with E-state index in [1.807, 2.05) is 38.4 Å². The number of carbonyl (C=O) groups is 1. The predicted octanol–water partition coefficient (Wildman–Crippen LogP) is 2.53. The van der Waals surface area contributed by atoms with Gasteiger partial charge >= 0.3 is 0 Å². The number of aryl methyl sites for hydroxylation is 1. The van der Waals surface area contributed by atoms with Crippen molar-refractivity contribution in [3.63, 3.8) is 0 Å². The summed E-state index contributed by atoms with van der Waals surface area (Å²) in [4.78, 5) is 16.8. The molecule has 1 N–H and O–H groups in total. The molecule has 1 aliphatic heterocycles. The lowest BCUT2D eigenvalue weighted by molar-refractivity contribution is -0.137. The van der Waals surface area contributed by atoms with Crippen molar-refractivity contribution < 1.29 is 9.53 Å². The lowest BCUT2D eigenvalue weighted by atomic mass is 10.1. The van der Waals surface area contributed by atoms with Crippen LogP contribution >= 0.6 is 0 Å². The second-order valence-electron chi connectivity index (χ2n) is 7.34. The van der Waals surface area contributed by atoms with E-state index in [1.54, 1.807) is 4.90 Å². The fraction of sp³-hybridized carbons (Fsp3) is 0.500. The maximum absolute atomic E-state index is 13.0. The lowest BCUT2D eigenvalue weighted by Crippen LogP contribution is -2.48. The Kier molecular flexibility index (Phi) is 4.57. The van der Waals surface area contributed by atoms with Gasteiger partial charge in [0.15, 0.2) is 6.10 Å². The van der Waals surface area contributed by atoms with E-state index in [1.165, 1.54) is 30.5 Å². The van der Waals surface area contributed by atoms with Crippen LogP contribution in [0.4, 0.5) is 5.69 Å². The summed E-state index contributed by atoms with van der Waals surface area (Å²) in [7, 11) is 3.83. The molecule has 0 bridgehead atoms. The smallest absolute Gasteiger partial charge is 0.265 e. The Labute approximate surface area is 154 Å². The van der Waals surface area contributed by atoms with Crippen molar-refractivity contribution in [1.82, 2.24) is 15.1 Å². The molecule has 0 saturated carbocycles. The van der Waals surface area contributed by atoms with E-state index < -0.39 is 6.10 Å². The molecule has 138 valence electrons. The number of hydrogen-bond donors (Lipinski definition) is 1. The van der Waals surface area contributed by atoms with Crippen LogP contribution in [0.1, 0.15) is 36.2 Å². The summed E-state index contributed by atoms with van der Waals surface area (Å²) in [5.74, 6) is 0.762. The highest BCUT2D eigenvalue weighted by Gasteiger charge is 2.31. The van der Waals surface area contributed by atoms with E-state index >= 15 is 0 Å². The Bertz CT molecular complexity index is 801. The summed E-state index contributed by atoms with van der Waals surface area (Å²) in [6.45, 7) is 1.08. The van der Waals surface area contributed by atoms with Crippen molar-refractivity contribution in [2.45, 2.75) is 44.8 Å². The molecule has 0 saturated heterocycles. The Hall–Kier alpha value is -2.50. The summed E-state index contributed by atoms with van der Waals surface area (Å²) in [5, 5.41) is 7.67. The van der Waals surface area contributed by atoms with Crippen LogP contribution in [0.15, 0.2) is 24.3 Å². The largest absolute Gasteiger partial charge is 0.477 e. The SMILES string of the molecule is CN(Cc1n[nH]c2c1CCCCC2)C(=O)[C@@H]1CN(C)c2ccccc2O1. The van der Waals surface area contributed by atoms with Gasteiger partial charge < -0.3 is 14.5 Å². The maximum atomic E-state index is 13.0. The summed E-state index contributed by atoms with van der Waals surface area (Å²) >= 11 is 0. The van der Waals surface area contributed by atoms with Crippen LogP contribution in [0.5, 0.6) is 5.75 Å². The van der Waals surface area contributed by atoms with E-state index in [0.29, 0.717) is 13.1 Å². The summed E-state index contributed by atoms with van der Waals surface area (Å²) in [5.41, 5.74) is 4.59. The maximum Gasteiger partial charge on any atom is 0.265 e. The fourth-order valence-corrected chi connectivity index (χ4v) is 3.94. The Morgan fingerprint density at radius 3 is 3.00 bits per heavy atom. The van der Waals surface area contributed by atoms with Crippen LogP contribution in [0, 0.1) is 0 Å². The number of carbonyl (C=O) groups excluding carboxylic acids is 1. The second kappa shape index (κ2) is 7.02. The number of likely N-dealkylation sites (N-methyl/N-ethyl adjacent to an activating group) is 2. The van der Waals surface area contributed by atoms with Gasteiger partial charge in [-0.25, -0.2) is 0 Å². The first-order valence-electron chi connectivity index (χ1n) is 9.40. The number of hydrogen-bond acceptors (Lipinski definition) is 4. The first kappa shape index (κ1) is 16.9. The molecule has 2 aromatic rings. The number of anilines is 1. The van der Waals surface area contributed by atoms with Crippen molar-refractivity contribution in [3.05, 3.63) is 41.2 Å². The van der Waals surface area contributed by atoms with E-state index in [4.69, 9.17) is 4.74 Å². The molecule has 1 aliphatic carbocycles. The van der Waals surface area contributed by atoms with Crippen molar-refractivity contribution in [2.75, 3.05) is 25.5 Å². The van der Waals surface area contributed by atoms with Gasteiger partial charge in [0, 0.05) is 19.8 Å². The highest BCUT2D eigenvalue weighted by molar-refractivity contribution is 5.83. The predicted molar refractivity (Wildman–Crippen MR) is 100 cm³/mol. The van der Waals surface area contributed by atoms with Gasteiger partial charge in [0.05, 0.1) is 24.5 Å². The molecule has 26 heavy (non-hydrogen) atoms. The number of fused-ring (bicyclic) bond motifs is 2. The molecule has 0 spiro atoms. The van der Waals surface area contributed by atoms with Crippen molar-refractivity contribution in [3.8, 4) is 5.75 Å². The van der Waals surface area contributed by atoms with Gasteiger partial charge in [0.25, 0.3) is 5.91 Å². The van der Waals surface area contributed by atoms with Gasteiger partial charge in [-0.15, -0.1) is 0 Å². The van der Waals surface area contributed by atoms with Gasteiger partial charge in [0.2, 0.25) is 0 Å². The average Bonchev–Trinajstić information content (AvgIpc) is 2.87. The fourth-order valence-electron chi connectivity index (χ4n) is 3.94. The number of amides is 1. The highest BCUT2D eigenvalue weighted by Crippen LogP contribution is 2.32. The van der Waals surface area contributed by atoms with Gasteiger partial charge in [-0.2, -0.15) is 5.10 Å². The van der Waals surface area contributed by atoms with E-state index in [2.05, 4.69) is 15.1 Å². The molecule has 0 fully saturated rings. The molecule has 1 atom stereocenters. The van der Waals surface area contributed by atoms with Crippen LogP contribution in [0.25, 0.3) is 0 Å². The normalized spacial score (nSPS) is 19.2.